The summed E-state index contributed by atoms with van der Waals surface area (Å²) in [5.74, 6) is -0.397. The summed E-state index contributed by atoms with van der Waals surface area (Å²) in [6.45, 7) is 1.95. The molecule has 1 aliphatic heterocycles. The van der Waals surface area contributed by atoms with Crippen LogP contribution in [0.2, 0.25) is 0 Å². The van der Waals surface area contributed by atoms with Crippen molar-refractivity contribution in [2.75, 3.05) is 0 Å². The molecule has 0 radical (unpaired) electrons. The number of fused-ring (bicyclic) bond motifs is 1. The Labute approximate surface area is 108 Å². The summed E-state index contributed by atoms with van der Waals surface area (Å²) in [6.07, 6.45) is 6.78. The van der Waals surface area contributed by atoms with Crippen molar-refractivity contribution in [2.24, 2.45) is 5.92 Å². The van der Waals surface area contributed by atoms with Gasteiger partial charge in [0.1, 0.15) is 6.10 Å². The number of epoxide rings is 1. The average Bonchev–Trinajstić information content (AvgIpc) is 3.11. The van der Waals surface area contributed by atoms with Gasteiger partial charge in [-0.25, -0.2) is 4.79 Å². The first kappa shape index (κ1) is 12.4. The van der Waals surface area contributed by atoms with E-state index in [1.807, 2.05) is 6.92 Å². The van der Waals surface area contributed by atoms with Crippen molar-refractivity contribution in [3.8, 4) is 0 Å². The van der Waals surface area contributed by atoms with Gasteiger partial charge < -0.3 is 14.6 Å². The first-order valence-corrected chi connectivity index (χ1v) is 7.18. The molecule has 0 aromatic rings. The molecule has 4 heteroatoms. The third kappa shape index (κ3) is 2.16. The molecule has 1 N–H and O–H groups in total. The van der Waals surface area contributed by atoms with E-state index in [-0.39, 0.29) is 12.0 Å². The van der Waals surface area contributed by atoms with Gasteiger partial charge in [-0.3, -0.25) is 0 Å². The third-order valence-electron chi connectivity index (χ3n) is 4.84. The van der Waals surface area contributed by atoms with E-state index < -0.39 is 11.6 Å². The quantitative estimate of drug-likeness (QED) is 0.603. The maximum absolute atomic E-state index is 12.2. The number of hydrogen-bond acceptors (Lipinski definition) is 4. The molecule has 1 saturated heterocycles. The number of carbonyl (C=O) groups is 1. The molecule has 5 atom stereocenters. The third-order valence-corrected chi connectivity index (χ3v) is 4.84. The van der Waals surface area contributed by atoms with Crippen LogP contribution in [0, 0.1) is 5.92 Å². The van der Waals surface area contributed by atoms with Gasteiger partial charge in [-0.2, -0.15) is 0 Å². The molecule has 3 rings (SSSR count). The number of hydrogen-bond donors (Lipinski definition) is 1. The van der Waals surface area contributed by atoms with Crippen LogP contribution in [0.1, 0.15) is 51.9 Å². The second-order valence-electron chi connectivity index (χ2n) is 6.12. The Hall–Kier alpha value is -0.610. The molecule has 4 nitrogen and oxygen atoms in total. The highest BCUT2D eigenvalue weighted by Gasteiger charge is 2.48. The fourth-order valence-corrected chi connectivity index (χ4v) is 3.36. The van der Waals surface area contributed by atoms with Crippen LogP contribution in [0.4, 0.5) is 0 Å². The van der Waals surface area contributed by atoms with Gasteiger partial charge in [0.05, 0.1) is 12.2 Å². The lowest BCUT2D eigenvalue weighted by atomic mass is 9.76. The van der Waals surface area contributed by atoms with Crippen LogP contribution >= 0.6 is 0 Å². The van der Waals surface area contributed by atoms with Crippen molar-refractivity contribution in [1.29, 1.82) is 0 Å². The molecule has 3 aliphatic rings. The van der Waals surface area contributed by atoms with Crippen molar-refractivity contribution in [1.82, 2.24) is 0 Å². The van der Waals surface area contributed by atoms with E-state index >= 15 is 0 Å². The molecule has 0 spiro atoms. The van der Waals surface area contributed by atoms with Crippen molar-refractivity contribution >= 4 is 5.97 Å². The van der Waals surface area contributed by atoms with E-state index in [1.54, 1.807) is 0 Å². The van der Waals surface area contributed by atoms with Gasteiger partial charge in [0.2, 0.25) is 0 Å². The minimum atomic E-state index is -1.25. The van der Waals surface area contributed by atoms with Gasteiger partial charge in [-0.1, -0.05) is 13.3 Å². The second kappa shape index (κ2) is 4.49. The topological polar surface area (TPSA) is 59.1 Å². The van der Waals surface area contributed by atoms with E-state index in [2.05, 4.69) is 0 Å². The normalized spacial score (nSPS) is 47.2. The molecule has 5 unspecified atom stereocenters. The van der Waals surface area contributed by atoms with Crippen molar-refractivity contribution in [3.05, 3.63) is 0 Å². The Kier molecular flexibility index (Phi) is 3.10. The van der Waals surface area contributed by atoms with Crippen LogP contribution < -0.4 is 0 Å². The molecule has 102 valence electrons. The van der Waals surface area contributed by atoms with Gasteiger partial charge >= 0.3 is 5.97 Å². The zero-order valence-corrected chi connectivity index (χ0v) is 10.9. The van der Waals surface area contributed by atoms with Crippen LogP contribution in [0.5, 0.6) is 0 Å². The van der Waals surface area contributed by atoms with Gasteiger partial charge in [0, 0.05) is 6.42 Å². The van der Waals surface area contributed by atoms with Crippen LogP contribution in [0.15, 0.2) is 0 Å². The molecule has 0 aromatic heterocycles. The average molecular weight is 254 g/mol. The Morgan fingerprint density at radius 1 is 1.28 bits per heavy atom. The molecular weight excluding hydrogens is 232 g/mol. The van der Waals surface area contributed by atoms with Gasteiger partial charge in [0.25, 0.3) is 0 Å². The molecule has 18 heavy (non-hydrogen) atoms. The second-order valence-corrected chi connectivity index (χ2v) is 6.12. The van der Waals surface area contributed by atoms with Crippen molar-refractivity contribution in [2.45, 2.75) is 75.8 Å². The zero-order valence-electron chi connectivity index (χ0n) is 10.9. The Balaban J connectivity index is 1.59. The lowest BCUT2D eigenvalue weighted by molar-refractivity contribution is -0.181. The summed E-state index contributed by atoms with van der Waals surface area (Å²) in [6, 6.07) is 0. The predicted molar refractivity (Wildman–Crippen MR) is 65.0 cm³/mol. The van der Waals surface area contributed by atoms with Gasteiger partial charge in [0.15, 0.2) is 5.60 Å². The summed E-state index contributed by atoms with van der Waals surface area (Å²) in [5.41, 5.74) is -1.25. The number of rotatable bonds is 2. The molecule has 0 aromatic carbocycles. The van der Waals surface area contributed by atoms with Crippen molar-refractivity contribution in [3.63, 3.8) is 0 Å². The highest BCUT2D eigenvalue weighted by Crippen LogP contribution is 2.39. The summed E-state index contributed by atoms with van der Waals surface area (Å²) in [7, 11) is 0. The molecule has 2 saturated carbocycles. The van der Waals surface area contributed by atoms with E-state index in [9.17, 15) is 9.90 Å². The van der Waals surface area contributed by atoms with Gasteiger partial charge in [-0.05, 0) is 38.0 Å². The number of esters is 1. The van der Waals surface area contributed by atoms with Crippen LogP contribution in [-0.2, 0) is 14.3 Å². The van der Waals surface area contributed by atoms with Gasteiger partial charge in [-0.15, -0.1) is 0 Å². The molecule has 3 fully saturated rings. The monoisotopic (exact) mass is 254 g/mol. The summed E-state index contributed by atoms with van der Waals surface area (Å²) in [5, 5.41) is 10.5. The maximum Gasteiger partial charge on any atom is 0.338 e. The largest absolute Gasteiger partial charge is 0.460 e. The molecule has 2 aliphatic carbocycles. The molecular formula is C14H22O4. The van der Waals surface area contributed by atoms with Crippen LogP contribution in [-0.4, -0.2) is 35.0 Å². The SMILES string of the molecule is CC1CCCCC1(O)C(=O)OC1CCC2OC2C1. The summed E-state index contributed by atoms with van der Waals surface area (Å²) >= 11 is 0. The number of ether oxygens (including phenoxy) is 2. The van der Waals surface area contributed by atoms with E-state index in [0.29, 0.717) is 18.6 Å². The number of carbonyl (C=O) groups excluding carboxylic acids is 1. The molecule has 0 bridgehead atoms. The van der Waals surface area contributed by atoms with E-state index in [0.717, 1.165) is 38.5 Å². The molecule has 0 amide bonds. The Bertz CT molecular complexity index is 343. The fraction of sp³-hybridized carbons (Fsp3) is 0.929. The highest BCUT2D eigenvalue weighted by atomic mass is 16.6. The lowest BCUT2D eigenvalue weighted by Gasteiger charge is -2.37. The number of aliphatic hydroxyl groups is 1. The Morgan fingerprint density at radius 3 is 2.83 bits per heavy atom. The standard InChI is InChI=1S/C14H22O4/c1-9-4-2-3-7-14(9,16)13(15)17-10-5-6-11-12(8-10)18-11/h9-12,16H,2-8H2,1H3. The predicted octanol–water partition coefficient (Wildman–Crippen LogP) is 1.79. The first-order chi connectivity index (χ1) is 8.59. The Morgan fingerprint density at radius 2 is 2.11 bits per heavy atom. The molecule has 1 heterocycles. The minimum absolute atomic E-state index is 0.00673. The van der Waals surface area contributed by atoms with Crippen LogP contribution in [0.3, 0.4) is 0 Å². The first-order valence-electron chi connectivity index (χ1n) is 7.18. The van der Waals surface area contributed by atoms with Crippen LogP contribution in [0.25, 0.3) is 0 Å². The lowest BCUT2D eigenvalue weighted by Crippen LogP contribution is -2.49. The summed E-state index contributed by atoms with van der Waals surface area (Å²) in [4.78, 5) is 12.2. The maximum atomic E-state index is 12.2. The summed E-state index contributed by atoms with van der Waals surface area (Å²) < 4.78 is 11.0. The van der Waals surface area contributed by atoms with E-state index in [1.165, 1.54) is 0 Å². The zero-order chi connectivity index (χ0) is 12.8. The fourth-order valence-electron chi connectivity index (χ4n) is 3.36. The van der Waals surface area contributed by atoms with Crippen molar-refractivity contribution < 1.29 is 19.4 Å². The minimum Gasteiger partial charge on any atom is -0.460 e. The highest BCUT2D eigenvalue weighted by molar-refractivity contribution is 5.80. The van der Waals surface area contributed by atoms with E-state index in [4.69, 9.17) is 9.47 Å². The smallest absolute Gasteiger partial charge is 0.338 e.